The fourth-order valence-electron chi connectivity index (χ4n) is 1.82. The van der Waals surface area contributed by atoms with Gasteiger partial charge in [-0.15, -0.1) is 0 Å². The van der Waals surface area contributed by atoms with Gasteiger partial charge in [0.05, 0.1) is 0 Å². The highest BCUT2D eigenvalue weighted by Crippen LogP contribution is 2.16. The zero-order valence-corrected chi connectivity index (χ0v) is 11.3. The van der Waals surface area contributed by atoms with Crippen molar-refractivity contribution in [2.45, 2.75) is 39.2 Å². The molecule has 0 aliphatic carbocycles. The SMILES string of the molecule is CCCCC(CN)NC(=O)c1c(F)ccc(C)c1F. The van der Waals surface area contributed by atoms with Crippen LogP contribution in [0, 0.1) is 18.6 Å². The van der Waals surface area contributed by atoms with Crippen LogP contribution in [0.25, 0.3) is 0 Å². The molecule has 0 aliphatic rings. The molecular formula is C14H20F2N2O. The van der Waals surface area contributed by atoms with Crippen LogP contribution in [0.5, 0.6) is 0 Å². The van der Waals surface area contributed by atoms with E-state index in [1.165, 1.54) is 13.0 Å². The van der Waals surface area contributed by atoms with Gasteiger partial charge in [-0.25, -0.2) is 8.78 Å². The Morgan fingerprint density at radius 2 is 2.11 bits per heavy atom. The number of halogens is 2. The third kappa shape index (κ3) is 3.99. The van der Waals surface area contributed by atoms with E-state index in [0.717, 1.165) is 18.9 Å². The standard InChI is InChI=1S/C14H20F2N2O/c1-3-4-5-10(8-17)18-14(19)12-11(15)7-6-9(2)13(12)16/h6-7,10H,3-5,8,17H2,1-2H3,(H,18,19). The molecule has 0 fully saturated rings. The van der Waals surface area contributed by atoms with Crippen molar-refractivity contribution in [2.75, 3.05) is 6.54 Å². The van der Waals surface area contributed by atoms with Gasteiger partial charge in [0, 0.05) is 12.6 Å². The zero-order valence-electron chi connectivity index (χ0n) is 11.3. The third-order valence-electron chi connectivity index (χ3n) is 3.04. The molecule has 1 amide bonds. The van der Waals surface area contributed by atoms with E-state index < -0.39 is 23.1 Å². The second-order valence-corrected chi connectivity index (χ2v) is 4.60. The van der Waals surface area contributed by atoms with Gasteiger partial charge in [0.25, 0.3) is 5.91 Å². The second kappa shape index (κ2) is 7.19. The van der Waals surface area contributed by atoms with Crippen molar-refractivity contribution in [3.05, 3.63) is 34.9 Å². The largest absolute Gasteiger partial charge is 0.348 e. The van der Waals surface area contributed by atoms with Crippen LogP contribution < -0.4 is 11.1 Å². The van der Waals surface area contributed by atoms with Crippen LogP contribution in [0.2, 0.25) is 0 Å². The average Bonchev–Trinajstić information content (AvgIpc) is 2.39. The average molecular weight is 270 g/mol. The van der Waals surface area contributed by atoms with Gasteiger partial charge in [0.1, 0.15) is 17.2 Å². The van der Waals surface area contributed by atoms with Crippen molar-refractivity contribution in [2.24, 2.45) is 5.73 Å². The number of nitrogens with two attached hydrogens (primary N) is 1. The molecule has 1 aromatic rings. The molecule has 0 spiro atoms. The van der Waals surface area contributed by atoms with Gasteiger partial charge >= 0.3 is 0 Å². The summed E-state index contributed by atoms with van der Waals surface area (Å²) in [6.45, 7) is 3.76. The van der Waals surface area contributed by atoms with Crippen LogP contribution in [0.15, 0.2) is 12.1 Å². The van der Waals surface area contributed by atoms with E-state index in [1.54, 1.807) is 0 Å². The Morgan fingerprint density at radius 3 is 2.68 bits per heavy atom. The summed E-state index contributed by atoms with van der Waals surface area (Å²) in [5.41, 5.74) is 5.25. The number of nitrogens with one attached hydrogen (secondary N) is 1. The zero-order chi connectivity index (χ0) is 14.4. The number of carbonyl (C=O) groups is 1. The highest BCUT2D eigenvalue weighted by atomic mass is 19.1. The Morgan fingerprint density at radius 1 is 1.42 bits per heavy atom. The third-order valence-corrected chi connectivity index (χ3v) is 3.04. The lowest BCUT2D eigenvalue weighted by molar-refractivity contribution is 0.0927. The molecule has 0 aliphatic heterocycles. The van der Waals surface area contributed by atoms with Crippen LogP contribution >= 0.6 is 0 Å². The molecule has 3 N–H and O–H groups in total. The monoisotopic (exact) mass is 270 g/mol. The van der Waals surface area contributed by atoms with Crippen molar-refractivity contribution in [3.8, 4) is 0 Å². The van der Waals surface area contributed by atoms with Gasteiger partial charge in [-0.3, -0.25) is 4.79 Å². The van der Waals surface area contributed by atoms with E-state index in [-0.39, 0.29) is 18.2 Å². The Bertz CT molecular complexity index is 449. The fraction of sp³-hybridized carbons (Fsp3) is 0.500. The van der Waals surface area contributed by atoms with Gasteiger partial charge in [-0.1, -0.05) is 25.8 Å². The van der Waals surface area contributed by atoms with Crippen molar-refractivity contribution in [1.29, 1.82) is 0 Å². The summed E-state index contributed by atoms with van der Waals surface area (Å²) < 4.78 is 27.3. The summed E-state index contributed by atoms with van der Waals surface area (Å²) in [7, 11) is 0. The van der Waals surface area contributed by atoms with Crippen LogP contribution in [-0.4, -0.2) is 18.5 Å². The number of amides is 1. The summed E-state index contributed by atoms with van der Waals surface area (Å²) in [5.74, 6) is -2.42. The van der Waals surface area contributed by atoms with Crippen LogP contribution in [0.3, 0.4) is 0 Å². The summed E-state index contributed by atoms with van der Waals surface area (Å²) in [6.07, 6.45) is 2.58. The number of rotatable bonds is 6. The summed E-state index contributed by atoms with van der Waals surface area (Å²) >= 11 is 0. The molecule has 0 saturated carbocycles. The first-order valence-corrected chi connectivity index (χ1v) is 6.46. The Kier molecular flexibility index (Phi) is 5.89. The molecular weight excluding hydrogens is 250 g/mol. The van der Waals surface area contributed by atoms with Crippen molar-refractivity contribution in [1.82, 2.24) is 5.32 Å². The fourth-order valence-corrected chi connectivity index (χ4v) is 1.82. The maximum Gasteiger partial charge on any atom is 0.257 e. The molecule has 1 rings (SSSR count). The Hall–Kier alpha value is -1.49. The van der Waals surface area contributed by atoms with E-state index in [1.807, 2.05) is 6.92 Å². The maximum atomic E-state index is 13.8. The molecule has 0 aromatic heterocycles. The molecule has 3 nitrogen and oxygen atoms in total. The highest BCUT2D eigenvalue weighted by Gasteiger charge is 2.21. The minimum absolute atomic E-state index is 0.240. The first-order chi connectivity index (χ1) is 9.01. The molecule has 0 saturated heterocycles. The van der Waals surface area contributed by atoms with E-state index in [4.69, 9.17) is 5.73 Å². The number of hydrogen-bond donors (Lipinski definition) is 2. The summed E-state index contributed by atoms with van der Waals surface area (Å²) in [4.78, 5) is 11.9. The molecule has 0 bridgehead atoms. The summed E-state index contributed by atoms with van der Waals surface area (Å²) in [6, 6.07) is 2.14. The van der Waals surface area contributed by atoms with E-state index in [0.29, 0.717) is 6.42 Å². The first-order valence-electron chi connectivity index (χ1n) is 6.46. The van der Waals surface area contributed by atoms with Gasteiger partial charge in [0.15, 0.2) is 0 Å². The molecule has 106 valence electrons. The lowest BCUT2D eigenvalue weighted by Gasteiger charge is -2.17. The smallest absolute Gasteiger partial charge is 0.257 e. The van der Waals surface area contributed by atoms with Crippen molar-refractivity contribution < 1.29 is 13.6 Å². The van der Waals surface area contributed by atoms with Crippen LogP contribution in [0.1, 0.15) is 42.1 Å². The molecule has 0 radical (unpaired) electrons. The second-order valence-electron chi connectivity index (χ2n) is 4.60. The lowest BCUT2D eigenvalue weighted by Crippen LogP contribution is -2.40. The van der Waals surface area contributed by atoms with Crippen molar-refractivity contribution >= 4 is 5.91 Å². The minimum atomic E-state index is -0.855. The van der Waals surface area contributed by atoms with Gasteiger partial charge in [-0.2, -0.15) is 0 Å². The predicted molar refractivity (Wildman–Crippen MR) is 70.9 cm³/mol. The summed E-state index contributed by atoms with van der Waals surface area (Å²) in [5, 5.41) is 2.58. The minimum Gasteiger partial charge on any atom is -0.348 e. The number of unbranched alkanes of at least 4 members (excludes halogenated alkanes) is 1. The normalized spacial score (nSPS) is 12.3. The number of benzene rings is 1. The van der Waals surface area contributed by atoms with Crippen LogP contribution in [-0.2, 0) is 0 Å². The van der Waals surface area contributed by atoms with E-state index in [2.05, 4.69) is 5.32 Å². The number of aryl methyl sites for hydroxylation is 1. The van der Waals surface area contributed by atoms with E-state index >= 15 is 0 Å². The topological polar surface area (TPSA) is 55.1 Å². The quantitative estimate of drug-likeness (QED) is 0.834. The van der Waals surface area contributed by atoms with Gasteiger partial charge in [-0.05, 0) is 25.0 Å². The van der Waals surface area contributed by atoms with Crippen LogP contribution in [0.4, 0.5) is 8.78 Å². The lowest BCUT2D eigenvalue weighted by atomic mass is 10.1. The maximum absolute atomic E-state index is 13.8. The van der Waals surface area contributed by atoms with E-state index in [9.17, 15) is 13.6 Å². The molecule has 1 aromatic carbocycles. The molecule has 1 atom stereocenters. The Labute approximate surface area is 112 Å². The first kappa shape index (κ1) is 15.6. The highest BCUT2D eigenvalue weighted by molar-refractivity contribution is 5.95. The molecule has 5 heteroatoms. The van der Waals surface area contributed by atoms with Gasteiger partial charge in [0.2, 0.25) is 0 Å². The molecule has 19 heavy (non-hydrogen) atoms. The van der Waals surface area contributed by atoms with Gasteiger partial charge < -0.3 is 11.1 Å². The number of carbonyl (C=O) groups excluding carboxylic acids is 1. The molecule has 0 heterocycles. The predicted octanol–water partition coefficient (Wildman–Crippen LogP) is 2.52. The molecule has 1 unspecified atom stereocenters. The Balaban J connectivity index is 2.85. The number of hydrogen-bond acceptors (Lipinski definition) is 2. The van der Waals surface area contributed by atoms with Crippen molar-refractivity contribution in [3.63, 3.8) is 0 Å².